The Labute approximate surface area is 90.4 Å². The highest BCUT2D eigenvalue weighted by Gasteiger charge is 2.27. The molecule has 1 heterocycles. The van der Waals surface area contributed by atoms with Gasteiger partial charge in [0.15, 0.2) is 0 Å². The fraction of sp³-hybridized carbons (Fsp3) is 0.444. The van der Waals surface area contributed by atoms with Gasteiger partial charge < -0.3 is 15.2 Å². The summed E-state index contributed by atoms with van der Waals surface area (Å²) in [5, 5.41) is 4.04. The normalized spacial score (nSPS) is 11.2. The molecule has 0 radical (unpaired) electrons. The number of hydrogen-bond donors (Lipinski definition) is 2. The molecule has 0 saturated carbocycles. The number of halogens is 3. The summed E-state index contributed by atoms with van der Waals surface area (Å²) in [6.45, 7) is -1.13. The molecule has 1 aromatic heterocycles. The van der Waals surface area contributed by atoms with E-state index in [9.17, 15) is 18.0 Å². The van der Waals surface area contributed by atoms with Gasteiger partial charge in [0.1, 0.15) is 6.54 Å². The number of urea groups is 1. The third kappa shape index (κ3) is 4.72. The quantitative estimate of drug-likeness (QED) is 0.817. The molecule has 1 rings (SSSR count). The molecule has 90 valence electrons. The molecular weight excluding hydrogens is 223 g/mol. The van der Waals surface area contributed by atoms with Crippen LogP contribution in [-0.2, 0) is 13.6 Å². The Morgan fingerprint density at radius 2 is 2.12 bits per heavy atom. The summed E-state index contributed by atoms with van der Waals surface area (Å²) in [7, 11) is 1.81. The van der Waals surface area contributed by atoms with E-state index < -0.39 is 18.8 Å². The summed E-state index contributed by atoms with van der Waals surface area (Å²) in [6.07, 6.45) is -0.835. The van der Waals surface area contributed by atoms with Crippen molar-refractivity contribution in [3.63, 3.8) is 0 Å². The number of rotatable bonds is 3. The molecule has 0 saturated heterocycles. The Morgan fingerprint density at radius 1 is 1.44 bits per heavy atom. The molecule has 0 aromatic carbocycles. The largest absolute Gasteiger partial charge is 0.405 e. The number of carbonyl (C=O) groups excluding carboxylic acids is 1. The molecule has 7 heteroatoms. The highest BCUT2D eigenvalue weighted by molar-refractivity contribution is 5.73. The molecule has 0 spiro atoms. The van der Waals surface area contributed by atoms with Crippen LogP contribution < -0.4 is 10.6 Å². The van der Waals surface area contributed by atoms with Gasteiger partial charge in [-0.1, -0.05) is 0 Å². The Balaban J connectivity index is 2.25. The van der Waals surface area contributed by atoms with Gasteiger partial charge in [0.2, 0.25) is 0 Å². The molecule has 2 amide bonds. The predicted octanol–water partition coefficient (Wildman–Crippen LogP) is 1.39. The maximum Gasteiger partial charge on any atom is 0.405 e. The molecule has 0 aliphatic rings. The Hall–Kier alpha value is -1.66. The number of nitrogens with one attached hydrogen (secondary N) is 2. The third-order valence-corrected chi connectivity index (χ3v) is 1.80. The molecule has 0 atom stereocenters. The number of amides is 2. The fourth-order valence-electron chi connectivity index (χ4n) is 1.09. The number of nitrogens with zero attached hydrogens (tertiary/aromatic N) is 1. The molecule has 4 nitrogen and oxygen atoms in total. The Kier molecular flexibility index (Phi) is 3.81. The maximum atomic E-state index is 11.7. The van der Waals surface area contributed by atoms with Crippen LogP contribution in [0.4, 0.5) is 18.0 Å². The lowest BCUT2D eigenvalue weighted by Gasteiger charge is -2.09. The second-order valence-corrected chi connectivity index (χ2v) is 3.34. The molecule has 0 aliphatic heterocycles. The minimum Gasteiger partial charge on any atom is -0.357 e. The first-order valence-electron chi connectivity index (χ1n) is 4.56. The van der Waals surface area contributed by atoms with Crippen molar-refractivity contribution in [2.24, 2.45) is 7.05 Å². The van der Waals surface area contributed by atoms with Gasteiger partial charge in [-0.3, -0.25) is 0 Å². The van der Waals surface area contributed by atoms with E-state index in [-0.39, 0.29) is 6.54 Å². The van der Waals surface area contributed by atoms with Crippen LogP contribution in [0.5, 0.6) is 0 Å². The van der Waals surface area contributed by atoms with Crippen molar-refractivity contribution in [2.45, 2.75) is 12.7 Å². The minimum absolute atomic E-state index is 0.199. The average Bonchev–Trinajstić information content (AvgIpc) is 2.57. The summed E-state index contributed by atoms with van der Waals surface area (Å²) in [6, 6.07) is 0.936. The van der Waals surface area contributed by atoms with Gasteiger partial charge in [0, 0.05) is 26.0 Å². The Bertz CT molecular complexity index is 359. The number of alkyl halides is 3. The first-order chi connectivity index (χ1) is 7.37. The molecule has 0 unspecified atom stereocenters. The van der Waals surface area contributed by atoms with E-state index >= 15 is 0 Å². The van der Waals surface area contributed by atoms with E-state index in [0.29, 0.717) is 0 Å². The second-order valence-electron chi connectivity index (χ2n) is 3.34. The van der Waals surface area contributed by atoms with Crippen LogP contribution in [0, 0.1) is 0 Å². The first-order valence-corrected chi connectivity index (χ1v) is 4.56. The van der Waals surface area contributed by atoms with Crippen molar-refractivity contribution in [2.75, 3.05) is 6.54 Å². The van der Waals surface area contributed by atoms with E-state index in [0.717, 1.165) is 5.56 Å². The van der Waals surface area contributed by atoms with Gasteiger partial charge in [-0.2, -0.15) is 13.2 Å². The zero-order valence-corrected chi connectivity index (χ0v) is 8.64. The summed E-state index contributed by atoms with van der Waals surface area (Å²) in [4.78, 5) is 10.9. The summed E-state index contributed by atoms with van der Waals surface area (Å²) >= 11 is 0. The van der Waals surface area contributed by atoms with Gasteiger partial charge in [0.05, 0.1) is 0 Å². The van der Waals surface area contributed by atoms with Gasteiger partial charge in [0.25, 0.3) is 0 Å². The first kappa shape index (κ1) is 12.4. The summed E-state index contributed by atoms with van der Waals surface area (Å²) < 4.78 is 37.0. The lowest BCUT2D eigenvalue weighted by Crippen LogP contribution is -2.40. The summed E-state index contributed by atoms with van der Waals surface area (Å²) in [5.74, 6) is 0. The van der Waals surface area contributed by atoms with Crippen molar-refractivity contribution in [1.29, 1.82) is 0 Å². The van der Waals surface area contributed by atoms with Crippen molar-refractivity contribution in [3.8, 4) is 0 Å². The lowest BCUT2D eigenvalue weighted by molar-refractivity contribution is -0.122. The maximum absolute atomic E-state index is 11.7. The van der Waals surface area contributed by atoms with E-state index in [1.165, 1.54) is 0 Å². The highest BCUT2D eigenvalue weighted by atomic mass is 19.4. The SMILES string of the molecule is Cn1ccc(CNC(=O)NCC(F)(F)F)c1. The molecule has 2 N–H and O–H groups in total. The van der Waals surface area contributed by atoms with Crippen LogP contribution >= 0.6 is 0 Å². The van der Waals surface area contributed by atoms with E-state index in [1.54, 1.807) is 28.3 Å². The average molecular weight is 235 g/mol. The molecule has 0 aliphatic carbocycles. The Morgan fingerprint density at radius 3 is 2.62 bits per heavy atom. The van der Waals surface area contributed by atoms with E-state index in [4.69, 9.17) is 0 Å². The van der Waals surface area contributed by atoms with Gasteiger partial charge in [-0.15, -0.1) is 0 Å². The smallest absolute Gasteiger partial charge is 0.357 e. The van der Waals surface area contributed by atoms with E-state index in [1.807, 2.05) is 7.05 Å². The van der Waals surface area contributed by atoms with Crippen molar-refractivity contribution in [1.82, 2.24) is 15.2 Å². The molecule has 16 heavy (non-hydrogen) atoms. The minimum atomic E-state index is -4.38. The van der Waals surface area contributed by atoms with Gasteiger partial charge >= 0.3 is 12.2 Å². The number of carbonyl (C=O) groups is 1. The lowest BCUT2D eigenvalue weighted by atomic mass is 10.3. The zero-order valence-electron chi connectivity index (χ0n) is 8.64. The van der Waals surface area contributed by atoms with E-state index in [2.05, 4.69) is 5.32 Å². The topological polar surface area (TPSA) is 46.1 Å². The third-order valence-electron chi connectivity index (χ3n) is 1.80. The fourth-order valence-corrected chi connectivity index (χ4v) is 1.09. The molecular formula is C9H12F3N3O. The molecule has 0 bridgehead atoms. The monoisotopic (exact) mass is 235 g/mol. The second kappa shape index (κ2) is 4.91. The van der Waals surface area contributed by atoms with Crippen molar-refractivity contribution < 1.29 is 18.0 Å². The number of hydrogen-bond acceptors (Lipinski definition) is 1. The van der Waals surface area contributed by atoms with Crippen molar-refractivity contribution in [3.05, 3.63) is 24.0 Å². The summed E-state index contributed by atoms with van der Waals surface area (Å²) in [5.41, 5.74) is 0.824. The number of aryl methyl sites for hydroxylation is 1. The van der Waals surface area contributed by atoms with Crippen LogP contribution in [0.15, 0.2) is 18.5 Å². The standard InChI is InChI=1S/C9H12F3N3O/c1-15-3-2-7(5-15)4-13-8(16)14-6-9(10,11)12/h2-3,5H,4,6H2,1H3,(H2,13,14,16). The predicted molar refractivity (Wildman–Crippen MR) is 51.7 cm³/mol. The molecule has 0 fully saturated rings. The van der Waals surface area contributed by atoms with Crippen LogP contribution in [0.1, 0.15) is 5.56 Å². The van der Waals surface area contributed by atoms with Crippen LogP contribution in [0.3, 0.4) is 0 Å². The van der Waals surface area contributed by atoms with Crippen LogP contribution in [-0.4, -0.2) is 23.3 Å². The van der Waals surface area contributed by atoms with Crippen molar-refractivity contribution >= 4 is 6.03 Å². The van der Waals surface area contributed by atoms with Gasteiger partial charge in [-0.05, 0) is 11.6 Å². The highest BCUT2D eigenvalue weighted by Crippen LogP contribution is 2.11. The number of aromatic nitrogens is 1. The zero-order chi connectivity index (χ0) is 12.2. The van der Waals surface area contributed by atoms with Crippen LogP contribution in [0.2, 0.25) is 0 Å². The van der Waals surface area contributed by atoms with Crippen LogP contribution in [0.25, 0.3) is 0 Å². The molecule has 1 aromatic rings. The van der Waals surface area contributed by atoms with Gasteiger partial charge in [-0.25, -0.2) is 4.79 Å².